The molecule has 1 aromatic carbocycles. The molecule has 0 aliphatic heterocycles. The molecule has 62 valence electrons. The summed E-state index contributed by atoms with van der Waals surface area (Å²) in [7, 11) is 2.69. The van der Waals surface area contributed by atoms with Crippen molar-refractivity contribution in [3.05, 3.63) is 29.8 Å². The van der Waals surface area contributed by atoms with Crippen LogP contribution in [0, 0.1) is 0 Å². The van der Waals surface area contributed by atoms with Gasteiger partial charge in [0.25, 0.3) is 0 Å². The molecule has 1 atom stereocenters. The van der Waals surface area contributed by atoms with Crippen molar-refractivity contribution >= 4 is 40.7 Å². The third-order valence-electron chi connectivity index (χ3n) is 1.78. The minimum atomic E-state index is 0. The second-order valence-electron chi connectivity index (χ2n) is 3.87. The van der Waals surface area contributed by atoms with Gasteiger partial charge in [0.05, 0.1) is 0 Å². The molecule has 0 saturated heterocycles. The van der Waals surface area contributed by atoms with Crippen LogP contribution in [-0.2, 0) is 5.41 Å². The van der Waals surface area contributed by atoms with Gasteiger partial charge in [0, 0.05) is 0 Å². The van der Waals surface area contributed by atoms with Crippen molar-refractivity contribution in [1.29, 1.82) is 0 Å². The molecule has 1 unspecified atom stereocenters. The van der Waals surface area contributed by atoms with E-state index in [1.165, 1.54) is 10.9 Å². The molecule has 0 spiro atoms. The van der Waals surface area contributed by atoms with E-state index in [-0.39, 0.29) is 31.6 Å². The van der Waals surface area contributed by atoms with E-state index in [4.69, 9.17) is 0 Å². The number of hydrogen-bond acceptors (Lipinski definition) is 0. The van der Waals surface area contributed by atoms with Crippen molar-refractivity contribution in [2.45, 2.75) is 26.2 Å². The molecular weight excluding hydrogens is 360 g/mol. The van der Waals surface area contributed by atoms with Gasteiger partial charge < -0.3 is 0 Å². The van der Waals surface area contributed by atoms with Crippen molar-refractivity contribution in [3.63, 3.8) is 0 Å². The van der Waals surface area contributed by atoms with Crippen molar-refractivity contribution in [2.75, 3.05) is 0 Å². The first-order chi connectivity index (χ1) is 5.00. The predicted molar refractivity (Wildman–Crippen MR) is 60.2 cm³/mol. The molecule has 1 rings (SSSR count). The summed E-state index contributed by atoms with van der Waals surface area (Å²) >= 11 is 0. The van der Waals surface area contributed by atoms with Crippen molar-refractivity contribution in [2.24, 2.45) is 0 Å². The third-order valence-corrected chi connectivity index (χ3v) is 2.16. The zero-order chi connectivity index (χ0) is 8.48. The maximum Gasteiger partial charge on any atom is 3.00 e. The number of benzene rings is 1. The van der Waals surface area contributed by atoms with Gasteiger partial charge in [-0.2, -0.15) is 0 Å². The van der Waals surface area contributed by atoms with Gasteiger partial charge in [-0.1, -0.05) is 45.0 Å². The van der Waals surface area contributed by atoms with E-state index >= 15 is 0 Å². The van der Waals surface area contributed by atoms with Crippen LogP contribution in [0.1, 0.15) is 26.3 Å². The van der Waals surface area contributed by atoms with Crippen LogP contribution in [0.25, 0.3) is 0 Å². The van der Waals surface area contributed by atoms with Crippen LogP contribution in [0.5, 0.6) is 0 Å². The van der Waals surface area contributed by atoms with Crippen molar-refractivity contribution in [1.82, 2.24) is 0 Å². The molecule has 0 aliphatic rings. The summed E-state index contributed by atoms with van der Waals surface area (Å²) in [6.45, 7) is 6.68. The molecule has 0 saturated carbocycles. The number of rotatable bonds is 0. The Balaban J connectivity index is 0.00000121. The van der Waals surface area contributed by atoms with Crippen LogP contribution in [0.15, 0.2) is 24.3 Å². The van der Waals surface area contributed by atoms with Gasteiger partial charge in [0.2, 0.25) is 0 Å². The second-order valence-corrected chi connectivity index (χ2v) is 4.54. The summed E-state index contributed by atoms with van der Waals surface area (Å²) in [5.74, 6) is 0. The van der Waals surface area contributed by atoms with E-state index in [1.54, 1.807) is 0 Å². The molecule has 0 aromatic heterocycles. The molecule has 0 heterocycles. The first-order valence-corrected chi connectivity index (χ1v) is 4.44. The fourth-order valence-corrected chi connectivity index (χ4v) is 1.18. The molecule has 12 heavy (non-hydrogen) atoms. The van der Waals surface area contributed by atoms with Gasteiger partial charge in [-0.15, -0.1) is 9.24 Å². The monoisotopic (exact) mass is 375 g/mol. The van der Waals surface area contributed by atoms with Crippen molar-refractivity contribution < 1.29 is 0 Å². The molecule has 0 aliphatic carbocycles. The Hall–Kier alpha value is 0.533. The summed E-state index contributed by atoms with van der Waals surface area (Å²) in [4.78, 5) is 0. The minimum Gasteiger partial charge on any atom is -0.106 e. The Morgan fingerprint density at radius 3 is 1.75 bits per heavy atom. The second kappa shape index (κ2) is 4.68. The van der Waals surface area contributed by atoms with E-state index in [2.05, 4.69) is 54.3 Å². The van der Waals surface area contributed by atoms with Gasteiger partial charge in [-0.05, 0) is 16.3 Å². The first kappa shape index (κ1) is 12.5. The molecule has 2 heteroatoms. The third kappa shape index (κ3) is 3.50. The summed E-state index contributed by atoms with van der Waals surface area (Å²) < 4.78 is 0. The zero-order valence-corrected chi connectivity index (χ0v) is 12.5. The van der Waals surface area contributed by atoms with Gasteiger partial charge in [0.1, 0.15) is 0 Å². The summed E-state index contributed by atoms with van der Waals surface area (Å²) in [6, 6.07) is 8.63. The van der Waals surface area contributed by atoms with Gasteiger partial charge in [0.15, 0.2) is 0 Å². The molecule has 0 amide bonds. The summed E-state index contributed by atoms with van der Waals surface area (Å²) in [6.07, 6.45) is 0. The summed E-state index contributed by atoms with van der Waals surface area (Å²) in [5, 5.41) is 1.25. The smallest absolute Gasteiger partial charge is 0.106 e. The van der Waals surface area contributed by atoms with Crippen LogP contribution >= 0.6 is 9.24 Å². The topological polar surface area (TPSA) is 0 Å². The quantitative estimate of drug-likeness (QED) is 0.482. The average Bonchev–Trinajstić information content (AvgIpc) is 1.86. The van der Waals surface area contributed by atoms with E-state index in [0.717, 1.165) is 0 Å². The Kier molecular flexibility index (Phi) is 4.89. The van der Waals surface area contributed by atoms with Crippen LogP contribution in [0.4, 0.5) is 0 Å². The minimum absolute atomic E-state index is 0. The fourth-order valence-electron chi connectivity index (χ4n) is 0.983. The standard InChI is InChI=1S/C10H15P.Bi/c1-10(2,3)8-4-6-9(11)7-5-8;/h4-7H,11H2,1-3H3;/q;+3. The van der Waals surface area contributed by atoms with E-state index in [9.17, 15) is 0 Å². The fraction of sp³-hybridized carbons (Fsp3) is 0.400. The molecule has 0 N–H and O–H groups in total. The molecular formula is C10H15BiP+3. The Morgan fingerprint density at radius 2 is 1.42 bits per heavy atom. The first-order valence-electron chi connectivity index (χ1n) is 3.86. The van der Waals surface area contributed by atoms with Crippen molar-refractivity contribution in [3.8, 4) is 0 Å². The average molecular weight is 375 g/mol. The molecule has 0 fully saturated rings. The molecule has 0 nitrogen and oxygen atoms in total. The van der Waals surface area contributed by atoms with Gasteiger partial charge in [-0.25, -0.2) is 0 Å². The molecule has 0 bridgehead atoms. The van der Waals surface area contributed by atoms with Crippen LogP contribution < -0.4 is 5.30 Å². The largest absolute Gasteiger partial charge is 3.00 e. The van der Waals surface area contributed by atoms with Crippen LogP contribution in [0.2, 0.25) is 0 Å². The van der Waals surface area contributed by atoms with Gasteiger partial charge in [-0.3, -0.25) is 0 Å². The van der Waals surface area contributed by atoms with Crippen LogP contribution in [0.3, 0.4) is 0 Å². The summed E-state index contributed by atoms with van der Waals surface area (Å²) in [5.41, 5.74) is 1.67. The predicted octanol–water partition coefficient (Wildman–Crippen LogP) is 2.10. The Labute approximate surface area is 96.5 Å². The van der Waals surface area contributed by atoms with E-state index in [1.807, 2.05) is 0 Å². The number of hydrogen-bond donors (Lipinski definition) is 0. The molecule has 2 radical (unpaired) electrons. The Morgan fingerprint density at radius 1 is 1.00 bits per heavy atom. The molecule has 1 aromatic rings. The van der Waals surface area contributed by atoms with Gasteiger partial charge >= 0.3 is 26.2 Å². The zero-order valence-electron chi connectivity index (χ0n) is 7.83. The van der Waals surface area contributed by atoms with Crippen LogP contribution in [-0.4, -0.2) is 26.2 Å². The maximum atomic E-state index is 2.69. The Bertz CT molecular complexity index is 233. The SMILES string of the molecule is CC(C)(C)c1ccc(P)cc1.[Bi+3]. The maximum absolute atomic E-state index is 2.69. The van der Waals surface area contributed by atoms with E-state index < -0.39 is 0 Å². The van der Waals surface area contributed by atoms with E-state index in [0.29, 0.717) is 0 Å². The normalized spacial score (nSPS) is 10.7.